The van der Waals surface area contributed by atoms with E-state index in [9.17, 15) is 28.3 Å². The maximum atomic E-state index is 14.3. The Hall–Kier alpha value is -3.57. The number of esters is 1. The van der Waals surface area contributed by atoms with Gasteiger partial charge in [-0.25, -0.2) is 13.6 Å². The van der Waals surface area contributed by atoms with Crippen LogP contribution in [-0.4, -0.2) is 59.0 Å². The van der Waals surface area contributed by atoms with Gasteiger partial charge in [-0.05, 0) is 101 Å². The molecule has 3 atom stereocenters. The largest absolute Gasteiger partial charge is 0.460 e. The molecular weight excluding hydrogens is 656 g/mol. The maximum absolute atomic E-state index is 14.3. The molecule has 1 unspecified atom stereocenters. The summed E-state index contributed by atoms with van der Waals surface area (Å²) < 4.78 is 39.3. The third-order valence-corrected chi connectivity index (χ3v) is 8.87. The van der Waals surface area contributed by atoms with Gasteiger partial charge in [0.25, 0.3) is 0 Å². The average molecular weight is 716 g/mol. The van der Waals surface area contributed by atoms with Crippen LogP contribution in [0, 0.1) is 11.6 Å². The van der Waals surface area contributed by atoms with Crippen molar-refractivity contribution in [3.63, 3.8) is 0 Å². The van der Waals surface area contributed by atoms with Crippen LogP contribution in [0.15, 0.2) is 42.5 Å². The van der Waals surface area contributed by atoms with Crippen molar-refractivity contribution in [2.45, 2.75) is 154 Å². The van der Waals surface area contributed by atoms with Gasteiger partial charge in [0.2, 0.25) is 5.91 Å². The molecule has 11 heteroatoms. The minimum atomic E-state index is -1.25. The second-order valence-corrected chi connectivity index (χ2v) is 16.8. The molecule has 0 saturated heterocycles. The zero-order valence-corrected chi connectivity index (χ0v) is 31.9. The van der Waals surface area contributed by atoms with Crippen LogP contribution < -0.4 is 16.0 Å². The van der Waals surface area contributed by atoms with Gasteiger partial charge in [0.05, 0.1) is 12.1 Å². The number of alkyl carbamates (subject to hydrolysis) is 1. The quantitative estimate of drug-likeness (QED) is 0.163. The summed E-state index contributed by atoms with van der Waals surface area (Å²) in [5.41, 5.74) is 0.456. The summed E-state index contributed by atoms with van der Waals surface area (Å²) in [5, 5.41) is 20.8. The highest BCUT2D eigenvalue weighted by atomic mass is 19.1. The topological polar surface area (TPSA) is 126 Å². The molecule has 0 radical (unpaired) electrons. The molecule has 0 bridgehead atoms. The van der Waals surface area contributed by atoms with Crippen molar-refractivity contribution in [2.75, 3.05) is 6.54 Å². The van der Waals surface area contributed by atoms with Crippen molar-refractivity contribution in [3.8, 4) is 0 Å². The van der Waals surface area contributed by atoms with Crippen molar-refractivity contribution in [1.29, 1.82) is 0 Å². The van der Waals surface area contributed by atoms with Crippen LogP contribution in [-0.2, 0) is 36.4 Å². The smallest absolute Gasteiger partial charge is 0.408 e. The molecule has 0 heterocycles. The molecule has 9 nitrogen and oxygen atoms in total. The Bertz CT molecular complexity index is 1470. The van der Waals surface area contributed by atoms with Gasteiger partial charge in [-0.3, -0.25) is 9.59 Å². The highest BCUT2D eigenvalue weighted by Gasteiger charge is 2.36. The van der Waals surface area contributed by atoms with E-state index in [1.54, 1.807) is 41.5 Å². The molecule has 4 N–H and O–H groups in total. The van der Waals surface area contributed by atoms with Crippen molar-refractivity contribution >= 4 is 18.0 Å². The third-order valence-electron chi connectivity index (χ3n) is 8.87. The standard InChI is InChI=1S/C40H59F2N3O6/c1-37(2,3)27-14-13-15-28(23-27)40(18-11-10-12-19-40)43-25-33(46)32(22-26-20-29(41)24-30(42)21-26)44-35(48)31(45-36(49)51-39(7,8)9)16-17-34(47)50-38(4,5)6/h13-15,20-21,23-24,31-33,43,46H,10-12,16-19,22,25H2,1-9H3,(H,44,48)(H,45,49)/t31?,32-,33+/m0/s1. The van der Waals surface area contributed by atoms with E-state index in [1.807, 2.05) is 0 Å². The van der Waals surface area contributed by atoms with Crippen molar-refractivity contribution in [1.82, 2.24) is 16.0 Å². The summed E-state index contributed by atoms with van der Waals surface area (Å²) in [5.74, 6) is -2.83. The fraction of sp³-hybridized carbons (Fsp3) is 0.625. The van der Waals surface area contributed by atoms with Gasteiger partial charge >= 0.3 is 12.1 Å². The molecule has 1 aliphatic rings. The number of carbonyl (C=O) groups excluding carboxylic acids is 3. The average Bonchev–Trinajstić information content (AvgIpc) is 2.99. The molecular formula is C40H59F2N3O6. The van der Waals surface area contributed by atoms with E-state index in [4.69, 9.17) is 9.47 Å². The van der Waals surface area contributed by atoms with Gasteiger partial charge in [0.15, 0.2) is 0 Å². The van der Waals surface area contributed by atoms with Crippen LogP contribution in [0.25, 0.3) is 0 Å². The van der Waals surface area contributed by atoms with Crippen LogP contribution in [0.2, 0.25) is 0 Å². The Labute approximate surface area is 302 Å². The zero-order valence-electron chi connectivity index (χ0n) is 31.9. The number of amides is 2. The molecule has 1 aliphatic carbocycles. The third kappa shape index (κ3) is 13.8. The lowest BCUT2D eigenvalue weighted by Crippen LogP contribution is -2.57. The monoisotopic (exact) mass is 715 g/mol. The van der Waals surface area contributed by atoms with Crippen LogP contribution in [0.3, 0.4) is 0 Å². The zero-order chi connectivity index (χ0) is 38.2. The molecule has 51 heavy (non-hydrogen) atoms. The first-order valence-corrected chi connectivity index (χ1v) is 18.1. The van der Waals surface area contributed by atoms with E-state index < -0.39 is 64.5 Å². The van der Waals surface area contributed by atoms with E-state index >= 15 is 0 Å². The first-order chi connectivity index (χ1) is 23.5. The molecule has 0 aliphatic heterocycles. The van der Waals surface area contributed by atoms with Crippen LogP contribution >= 0.6 is 0 Å². The molecule has 2 amide bonds. The first-order valence-electron chi connectivity index (χ1n) is 18.1. The lowest BCUT2D eigenvalue weighted by Gasteiger charge is -2.41. The van der Waals surface area contributed by atoms with Crippen LogP contribution in [0.4, 0.5) is 13.6 Å². The summed E-state index contributed by atoms with van der Waals surface area (Å²) in [6.07, 6.45) is 2.31. The van der Waals surface area contributed by atoms with Gasteiger partial charge in [-0.1, -0.05) is 64.3 Å². The van der Waals surface area contributed by atoms with Gasteiger partial charge in [-0.15, -0.1) is 0 Å². The number of halogens is 2. The van der Waals surface area contributed by atoms with Crippen LogP contribution in [0.1, 0.15) is 124 Å². The second-order valence-electron chi connectivity index (χ2n) is 16.8. The lowest BCUT2D eigenvalue weighted by atomic mass is 9.74. The number of aliphatic hydroxyl groups is 1. The number of benzene rings is 2. The van der Waals surface area contributed by atoms with E-state index in [-0.39, 0.29) is 36.8 Å². The van der Waals surface area contributed by atoms with Crippen molar-refractivity contribution in [3.05, 3.63) is 70.8 Å². The SMILES string of the molecule is CC(C)(C)OC(=O)CCC(NC(=O)OC(C)(C)C)C(=O)N[C@@H](Cc1cc(F)cc(F)c1)[C@H](O)CNC1(c2cccc(C(C)(C)C)c2)CCCCC1. The highest BCUT2D eigenvalue weighted by molar-refractivity contribution is 5.86. The fourth-order valence-electron chi connectivity index (χ4n) is 6.37. The Balaban J connectivity index is 1.90. The van der Waals surface area contributed by atoms with Crippen molar-refractivity contribution < 1.29 is 37.7 Å². The molecule has 284 valence electrons. The predicted molar refractivity (Wildman–Crippen MR) is 194 cm³/mol. The predicted octanol–water partition coefficient (Wildman–Crippen LogP) is 7.11. The highest BCUT2D eigenvalue weighted by Crippen LogP contribution is 2.38. The minimum absolute atomic E-state index is 0.0601. The molecule has 0 spiro atoms. The molecule has 0 aromatic heterocycles. The van der Waals surface area contributed by atoms with Gasteiger partial charge in [0, 0.05) is 24.6 Å². The Morgan fingerprint density at radius 3 is 2.02 bits per heavy atom. The lowest BCUT2D eigenvalue weighted by molar-refractivity contribution is -0.155. The first kappa shape index (κ1) is 41.8. The Morgan fingerprint density at radius 1 is 0.843 bits per heavy atom. The van der Waals surface area contributed by atoms with E-state index in [0.717, 1.165) is 55.9 Å². The number of nitrogens with one attached hydrogen (secondary N) is 3. The number of carbonyl (C=O) groups is 3. The second kappa shape index (κ2) is 17.3. The summed E-state index contributed by atoms with van der Waals surface area (Å²) in [7, 11) is 0. The number of hydrogen-bond acceptors (Lipinski definition) is 7. The van der Waals surface area contributed by atoms with E-state index in [2.05, 4.69) is 61.0 Å². The molecule has 3 rings (SSSR count). The summed E-state index contributed by atoms with van der Waals surface area (Å²) in [4.78, 5) is 39.3. The van der Waals surface area contributed by atoms with Gasteiger partial charge < -0.3 is 30.5 Å². The number of aliphatic hydroxyl groups excluding tert-OH is 1. The number of ether oxygens (including phenoxy) is 2. The summed E-state index contributed by atoms with van der Waals surface area (Å²) >= 11 is 0. The van der Waals surface area contributed by atoms with Gasteiger partial charge in [0.1, 0.15) is 28.9 Å². The van der Waals surface area contributed by atoms with E-state index in [1.165, 1.54) is 5.56 Å². The normalized spacial score (nSPS) is 16.8. The van der Waals surface area contributed by atoms with Gasteiger partial charge in [-0.2, -0.15) is 0 Å². The fourth-order valence-corrected chi connectivity index (χ4v) is 6.37. The van der Waals surface area contributed by atoms with Crippen LogP contribution in [0.5, 0.6) is 0 Å². The summed E-state index contributed by atoms with van der Waals surface area (Å²) in [6.45, 7) is 16.8. The number of rotatable bonds is 13. The minimum Gasteiger partial charge on any atom is -0.460 e. The number of hydrogen-bond donors (Lipinski definition) is 4. The molecule has 2 aromatic carbocycles. The molecule has 1 fully saturated rings. The Kier molecular flexibility index (Phi) is 14.2. The van der Waals surface area contributed by atoms with Crippen molar-refractivity contribution in [2.24, 2.45) is 0 Å². The maximum Gasteiger partial charge on any atom is 0.408 e. The molecule has 1 saturated carbocycles. The van der Waals surface area contributed by atoms with E-state index in [0.29, 0.717) is 0 Å². The molecule has 2 aromatic rings. The summed E-state index contributed by atoms with van der Waals surface area (Å²) in [6, 6.07) is 9.28. The Morgan fingerprint density at radius 2 is 1.45 bits per heavy atom.